The molecule has 0 aliphatic carbocycles. The second-order valence-corrected chi connectivity index (χ2v) is 3.66. The van der Waals surface area contributed by atoms with Crippen LogP contribution in [0.1, 0.15) is 12.8 Å². The molecule has 1 heterocycles. The van der Waals surface area contributed by atoms with Crippen molar-refractivity contribution in [2.45, 2.75) is 19.4 Å². The zero-order valence-electron chi connectivity index (χ0n) is 9.44. The molecule has 7 heteroatoms. The minimum absolute atomic E-state index is 0.0543. The van der Waals surface area contributed by atoms with Gasteiger partial charge in [0.15, 0.2) is 0 Å². The Hall–Kier alpha value is -2.67. The average Bonchev–Trinajstić information content (AvgIpc) is 2.36. The Labute approximate surface area is 103 Å². The quantitative estimate of drug-likeness (QED) is 0.572. The van der Waals surface area contributed by atoms with Crippen LogP contribution >= 0.6 is 0 Å². The maximum absolute atomic E-state index is 11.5. The summed E-state index contributed by atoms with van der Waals surface area (Å²) in [6.45, 7) is 0.0543. The third kappa shape index (κ3) is 3.42. The van der Waals surface area contributed by atoms with Crippen molar-refractivity contribution >= 4 is 5.69 Å². The van der Waals surface area contributed by atoms with Gasteiger partial charge >= 0.3 is 0 Å². The molecule has 1 aromatic rings. The zero-order valence-corrected chi connectivity index (χ0v) is 9.44. The van der Waals surface area contributed by atoms with Gasteiger partial charge in [-0.15, -0.1) is 0 Å². The number of aromatic nitrogens is 1. The van der Waals surface area contributed by atoms with E-state index in [1.807, 2.05) is 12.1 Å². The van der Waals surface area contributed by atoms with E-state index >= 15 is 0 Å². The van der Waals surface area contributed by atoms with Crippen molar-refractivity contribution in [3.05, 3.63) is 38.8 Å². The highest BCUT2D eigenvalue weighted by atomic mass is 16.6. The molecule has 0 radical (unpaired) electrons. The second kappa shape index (κ2) is 6.16. The van der Waals surface area contributed by atoms with Gasteiger partial charge in [0, 0.05) is 25.1 Å². The summed E-state index contributed by atoms with van der Waals surface area (Å²) in [7, 11) is 0. The molecule has 0 aliphatic rings. The monoisotopic (exact) mass is 246 g/mol. The third-order valence-electron chi connectivity index (χ3n) is 2.38. The van der Waals surface area contributed by atoms with Crippen LogP contribution in [0.4, 0.5) is 5.69 Å². The number of nitrogens with zero attached hydrogens (tertiary/aromatic N) is 4. The molecule has 0 saturated carbocycles. The summed E-state index contributed by atoms with van der Waals surface area (Å²) in [6.07, 6.45) is 1.66. The fraction of sp³-hybridized carbons (Fsp3) is 0.364. The Balaban J connectivity index is 2.93. The summed E-state index contributed by atoms with van der Waals surface area (Å²) in [6, 6.07) is 6.11. The van der Waals surface area contributed by atoms with Gasteiger partial charge in [0.25, 0.3) is 11.2 Å². The largest absolute Gasteiger partial charge is 0.308 e. The molecule has 0 aromatic carbocycles. The Morgan fingerprint density at radius 2 is 2.17 bits per heavy atom. The number of rotatable bonds is 5. The first-order chi connectivity index (χ1) is 8.58. The summed E-state index contributed by atoms with van der Waals surface area (Å²) < 4.78 is 1.13. The van der Waals surface area contributed by atoms with Crippen molar-refractivity contribution in [1.29, 1.82) is 10.5 Å². The predicted octanol–water partition coefficient (Wildman–Crippen LogP) is 1.20. The molecule has 1 aromatic heterocycles. The molecule has 0 saturated heterocycles. The summed E-state index contributed by atoms with van der Waals surface area (Å²) in [4.78, 5) is 21.5. The maximum Gasteiger partial charge on any atom is 0.285 e. The minimum Gasteiger partial charge on any atom is -0.308 e. The van der Waals surface area contributed by atoms with Crippen molar-refractivity contribution in [1.82, 2.24) is 4.57 Å². The lowest BCUT2D eigenvalue weighted by Gasteiger charge is -2.09. The average molecular weight is 246 g/mol. The van der Waals surface area contributed by atoms with E-state index in [0.717, 1.165) is 22.9 Å². The SMILES string of the molecule is N#CCCC(C#N)Cn1cc([N+](=O)[O-])ccc1=O. The molecule has 0 fully saturated rings. The molecule has 1 atom stereocenters. The Bertz CT molecular complexity index is 579. The van der Waals surface area contributed by atoms with Gasteiger partial charge in [0.1, 0.15) is 0 Å². The van der Waals surface area contributed by atoms with Crippen molar-refractivity contribution < 1.29 is 4.92 Å². The van der Waals surface area contributed by atoms with E-state index in [-0.39, 0.29) is 18.7 Å². The van der Waals surface area contributed by atoms with Gasteiger partial charge in [-0.1, -0.05) is 0 Å². The van der Waals surface area contributed by atoms with Crippen LogP contribution in [0.15, 0.2) is 23.1 Å². The molecule has 0 N–H and O–H groups in total. The molecule has 92 valence electrons. The Kier molecular flexibility index (Phi) is 4.58. The molecule has 0 spiro atoms. The van der Waals surface area contributed by atoms with E-state index in [4.69, 9.17) is 10.5 Å². The van der Waals surface area contributed by atoms with Crippen LogP contribution < -0.4 is 5.56 Å². The van der Waals surface area contributed by atoms with Crippen molar-refractivity contribution in [2.75, 3.05) is 0 Å². The first kappa shape index (κ1) is 13.4. The number of nitro groups is 1. The van der Waals surface area contributed by atoms with Gasteiger partial charge < -0.3 is 4.57 Å². The smallest absolute Gasteiger partial charge is 0.285 e. The summed E-state index contributed by atoms with van der Waals surface area (Å²) in [5.41, 5.74) is -0.607. The van der Waals surface area contributed by atoms with Gasteiger partial charge in [0.2, 0.25) is 0 Å². The van der Waals surface area contributed by atoms with Crippen LogP contribution in [-0.2, 0) is 6.54 Å². The molecule has 0 amide bonds. The second-order valence-electron chi connectivity index (χ2n) is 3.66. The van der Waals surface area contributed by atoms with Gasteiger partial charge in [-0.25, -0.2) is 0 Å². The fourth-order valence-electron chi connectivity index (χ4n) is 1.44. The molecule has 1 unspecified atom stereocenters. The Morgan fingerprint density at radius 1 is 1.44 bits per heavy atom. The third-order valence-corrected chi connectivity index (χ3v) is 2.38. The fourth-order valence-corrected chi connectivity index (χ4v) is 1.44. The first-order valence-corrected chi connectivity index (χ1v) is 5.20. The topological polar surface area (TPSA) is 113 Å². The molecular weight excluding hydrogens is 236 g/mol. The van der Waals surface area contributed by atoms with Gasteiger partial charge in [-0.05, 0) is 6.42 Å². The van der Waals surface area contributed by atoms with Gasteiger partial charge in [0.05, 0.1) is 29.2 Å². The summed E-state index contributed by atoms with van der Waals surface area (Å²) >= 11 is 0. The normalized spacial score (nSPS) is 11.2. The van der Waals surface area contributed by atoms with Crippen LogP contribution in [-0.4, -0.2) is 9.49 Å². The van der Waals surface area contributed by atoms with Crippen LogP contribution in [0.25, 0.3) is 0 Å². The molecule has 0 bridgehead atoms. The maximum atomic E-state index is 11.5. The first-order valence-electron chi connectivity index (χ1n) is 5.20. The van der Waals surface area contributed by atoms with Crippen LogP contribution in [0.3, 0.4) is 0 Å². The lowest BCUT2D eigenvalue weighted by molar-refractivity contribution is -0.385. The Morgan fingerprint density at radius 3 is 2.72 bits per heavy atom. The molecule has 1 rings (SSSR count). The predicted molar refractivity (Wildman–Crippen MR) is 61.3 cm³/mol. The lowest BCUT2D eigenvalue weighted by Crippen LogP contribution is -2.22. The number of pyridine rings is 1. The van der Waals surface area contributed by atoms with Crippen LogP contribution in [0, 0.1) is 38.7 Å². The van der Waals surface area contributed by atoms with Crippen LogP contribution in [0.5, 0.6) is 0 Å². The zero-order chi connectivity index (χ0) is 13.5. The number of hydrogen-bond donors (Lipinski definition) is 0. The number of nitriles is 2. The van der Waals surface area contributed by atoms with Crippen molar-refractivity contribution in [3.8, 4) is 12.1 Å². The van der Waals surface area contributed by atoms with E-state index < -0.39 is 16.4 Å². The standard InChI is InChI=1S/C11H10N4O3/c12-5-1-2-9(6-13)7-14-8-10(15(17)18)3-4-11(14)16/h3-4,8-9H,1-2,7H2. The molecule has 18 heavy (non-hydrogen) atoms. The van der Waals surface area contributed by atoms with E-state index in [0.29, 0.717) is 6.42 Å². The molecule has 7 nitrogen and oxygen atoms in total. The molecule has 0 aliphatic heterocycles. The van der Waals surface area contributed by atoms with Gasteiger partial charge in [-0.2, -0.15) is 10.5 Å². The van der Waals surface area contributed by atoms with Gasteiger partial charge in [-0.3, -0.25) is 14.9 Å². The van der Waals surface area contributed by atoms with Crippen LogP contribution in [0.2, 0.25) is 0 Å². The van der Waals surface area contributed by atoms with Crippen molar-refractivity contribution in [3.63, 3.8) is 0 Å². The highest BCUT2D eigenvalue weighted by molar-refractivity contribution is 5.24. The van der Waals surface area contributed by atoms with E-state index in [1.165, 1.54) is 0 Å². The highest BCUT2D eigenvalue weighted by Gasteiger charge is 2.12. The van der Waals surface area contributed by atoms with E-state index in [2.05, 4.69) is 0 Å². The van der Waals surface area contributed by atoms with E-state index in [1.54, 1.807) is 0 Å². The summed E-state index contributed by atoms with van der Waals surface area (Å²) in [5, 5.41) is 27.9. The number of hydrogen-bond acceptors (Lipinski definition) is 5. The molecular formula is C11H10N4O3. The van der Waals surface area contributed by atoms with E-state index in [9.17, 15) is 14.9 Å². The minimum atomic E-state index is -0.605. The summed E-state index contributed by atoms with van der Waals surface area (Å²) in [5.74, 6) is -0.510. The lowest BCUT2D eigenvalue weighted by atomic mass is 10.1. The van der Waals surface area contributed by atoms with Crippen molar-refractivity contribution in [2.24, 2.45) is 5.92 Å². The highest BCUT2D eigenvalue weighted by Crippen LogP contribution is 2.11.